The summed E-state index contributed by atoms with van der Waals surface area (Å²) >= 11 is 0. The first-order chi connectivity index (χ1) is 7.76. The highest BCUT2D eigenvalue weighted by Gasteiger charge is 2.25. The number of hydrogen-bond donors (Lipinski definition) is 0. The van der Waals surface area contributed by atoms with Crippen molar-refractivity contribution in [2.24, 2.45) is 5.41 Å². The van der Waals surface area contributed by atoms with E-state index in [1.807, 2.05) is 0 Å². The maximum Gasteiger partial charge on any atom is 0.00986 e. The van der Waals surface area contributed by atoms with E-state index in [1.165, 1.54) is 44.9 Å². The molecule has 0 nitrogen and oxygen atoms in total. The van der Waals surface area contributed by atoms with Crippen LogP contribution >= 0.6 is 0 Å². The van der Waals surface area contributed by atoms with E-state index in [-0.39, 0.29) is 5.41 Å². The van der Waals surface area contributed by atoms with Gasteiger partial charge in [-0.1, -0.05) is 63.0 Å². The van der Waals surface area contributed by atoms with Crippen molar-refractivity contribution in [1.82, 2.24) is 0 Å². The van der Waals surface area contributed by atoms with E-state index in [0.717, 1.165) is 0 Å². The summed E-state index contributed by atoms with van der Waals surface area (Å²) in [6.07, 6.45) is 18.0. The van der Waals surface area contributed by atoms with Gasteiger partial charge in [-0.15, -0.1) is 6.58 Å². The predicted molar refractivity (Wildman–Crippen MR) is 73.5 cm³/mol. The highest BCUT2D eigenvalue weighted by molar-refractivity contribution is 5.27. The minimum Gasteiger partial charge on any atom is -0.102 e. The molecule has 1 aliphatic carbocycles. The summed E-state index contributed by atoms with van der Waals surface area (Å²) in [6.45, 7) is 8.57. The number of hydrogen-bond acceptors (Lipinski definition) is 0. The zero-order valence-corrected chi connectivity index (χ0v) is 11.0. The van der Waals surface area contributed by atoms with Gasteiger partial charge in [-0.2, -0.15) is 0 Å². The van der Waals surface area contributed by atoms with Gasteiger partial charge in [-0.3, -0.25) is 0 Å². The molecule has 0 radical (unpaired) electrons. The quantitative estimate of drug-likeness (QED) is 0.500. The molecule has 0 saturated carbocycles. The molecular weight excluding hydrogens is 192 g/mol. The van der Waals surface area contributed by atoms with Crippen molar-refractivity contribution < 1.29 is 0 Å². The van der Waals surface area contributed by atoms with E-state index in [2.05, 4.69) is 44.7 Å². The Morgan fingerprint density at radius 1 is 1.31 bits per heavy atom. The zero-order valence-electron chi connectivity index (χ0n) is 11.0. The molecule has 1 unspecified atom stereocenters. The summed E-state index contributed by atoms with van der Waals surface area (Å²) in [5.74, 6) is 0. The molecule has 0 aromatic carbocycles. The van der Waals surface area contributed by atoms with Crippen molar-refractivity contribution in [3.63, 3.8) is 0 Å². The van der Waals surface area contributed by atoms with Gasteiger partial charge in [0.25, 0.3) is 0 Å². The SMILES string of the molecule is C=CC1(CCCC)C=CC=C(CCCC)C1. The molecule has 0 bridgehead atoms. The molecule has 90 valence electrons. The molecular formula is C16H26. The van der Waals surface area contributed by atoms with Crippen molar-refractivity contribution in [3.8, 4) is 0 Å². The van der Waals surface area contributed by atoms with Crippen LogP contribution in [0.15, 0.2) is 36.5 Å². The largest absolute Gasteiger partial charge is 0.102 e. The van der Waals surface area contributed by atoms with Gasteiger partial charge in [-0.25, -0.2) is 0 Å². The second kappa shape index (κ2) is 6.73. The third-order valence-electron chi connectivity index (χ3n) is 3.57. The summed E-state index contributed by atoms with van der Waals surface area (Å²) in [5.41, 5.74) is 1.87. The second-order valence-corrected chi connectivity index (χ2v) is 5.01. The number of unbranched alkanes of at least 4 members (excludes halogenated alkanes) is 2. The van der Waals surface area contributed by atoms with Gasteiger partial charge in [0.15, 0.2) is 0 Å². The van der Waals surface area contributed by atoms with Crippen LogP contribution in [0.1, 0.15) is 58.8 Å². The molecule has 0 fully saturated rings. The lowest BCUT2D eigenvalue weighted by atomic mass is 9.74. The van der Waals surface area contributed by atoms with E-state index < -0.39 is 0 Å². The Kier molecular flexibility index (Phi) is 5.59. The third kappa shape index (κ3) is 3.66. The van der Waals surface area contributed by atoms with Crippen LogP contribution in [0.4, 0.5) is 0 Å². The molecule has 16 heavy (non-hydrogen) atoms. The van der Waals surface area contributed by atoms with Crippen molar-refractivity contribution in [3.05, 3.63) is 36.5 Å². The fourth-order valence-corrected chi connectivity index (χ4v) is 2.41. The van der Waals surface area contributed by atoms with Gasteiger partial charge < -0.3 is 0 Å². The first kappa shape index (κ1) is 13.3. The van der Waals surface area contributed by atoms with Gasteiger partial charge in [0, 0.05) is 5.41 Å². The van der Waals surface area contributed by atoms with E-state index in [9.17, 15) is 0 Å². The first-order valence-electron chi connectivity index (χ1n) is 6.77. The van der Waals surface area contributed by atoms with Crippen molar-refractivity contribution in [1.29, 1.82) is 0 Å². The topological polar surface area (TPSA) is 0 Å². The minimum absolute atomic E-state index is 0.258. The van der Waals surface area contributed by atoms with Crippen LogP contribution in [0.25, 0.3) is 0 Å². The van der Waals surface area contributed by atoms with Crippen LogP contribution in [0.3, 0.4) is 0 Å². The molecule has 0 amide bonds. The fraction of sp³-hybridized carbons (Fsp3) is 0.625. The van der Waals surface area contributed by atoms with Crippen LogP contribution < -0.4 is 0 Å². The van der Waals surface area contributed by atoms with Gasteiger partial charge in [0.2, 0.25) is 0 Å². The molecule has 0 aliphatic heterocycles. The van der Waals surface area contributed by atoms with E-state index in [0.29, 0.717) is 0 Å². The number of rotatable bonds is 7. The minimum atomic E-state index is 0.258. The monoisotopic (exact) mass is 218 g/mol. The molecule has 0 N–H and O–H groups in total. The maximum absolute atomic E-state index is 4.05. The molecule has 1 rings (SSSR count). The Hall–Kier alpha value is -0.780. The Balaban J connectivity index is 2.59. The summed E-state index contributed by atoms with van der Waals surface area (Å²) in [7, 11) is 0. The first-order valence-corrected chi connectivity index (χ1v) is 6.77. The van der Waals surface area contributed by atoms with Crippen molar-refractivity contribution in [2.45, 2.75) is 58.8 Å². The highest BCUT2D eigenvalue weighted by atomic mass is 14.3. The molecule has 0 heterocycles. The molecule has 0 heteroatoms. The van der Waals surface area contributed by atoms with Crippen LogP contribution in [-0.2, 0) is 0 Å². The van der Waals surface area contributed by atoms with Crippen molar-refractivity contribution in [2.75, 3.05) is 0 Å². The van der Waals surface area contributed by atoms with Gasteiger partial charge in [-0.05, 0) is 25.7 Å². The van der Waals surface area contributed by atoms with E-state index >= 15 is 0 Å². The second-order valence-electron chi connectivity index (χ2n) is 5.01. The molecule has 0 aromatic rings. The number of allylic oxidation sites excluding steroid dienone is 5. The van der Waals surface area contributed by atoms with E-state index in [1.54, 1.807) is 5.57 Å². The summed E-state index contributed by atoms with van der Waals surface area (Å²) in [4.78, 5) is 0. The normalized spacial score (nSPS) is 24.2. The Morgan fingerprint density at radius 2 is 2.06 bits per heavy atom. The lowest BCUT2D eigenvalue weighted by molar-refractivity contribution is 0.416. The highest BCUT2D eigenvalue weighted by Crippen LogP contribution is 2.39. The van der Waals surface area contributed by atoms with Gasteiger partial charge in [0.05, 0.1) is 0 Å². The summed E-state index contributed by atoms with van der Waals surface area (Å²) in [6, 6.07) is 0. The van der Waals surface area contributed by atoms with E-state index in [4.69, 9.17) is 0 Å². The lowest BCUT2D eigenvalue weighted by Gasteiger charge is -2.31. The molecule has 0 saturated heterocycles. The summed E-state index contributed by atoms with van der Waals surface area (Å²) < 4.78 is 0. The fourth-order valence-electron chi connectivity index (χ4n) is 2.41. The van der Waals surface area contributed by atoms with Gasteiger partial charge >= 0.3 is 0 Å². The maximum atomic E-state index is 4.05. The molecule has 0 spiro atoms. The predicted octanol–water partition coefficient (Wildman–Crippen LogP) is 5.43. The Morgan fingerprint density at radius 3 is 2.69 bits per heavy atom. The zero-order chi connectivity index (χ0) is 11.9. The van der Waals surface area contributed by atoms with Crippen LogP contribution in [0, 0.1) is 5.41 Å². The summed E-state index contributed by atoms with van der Waals surface area (Å²) in [5, 5.41) is 0. The van der Waals surface area contributed by atoms with Gasteiger partial charge in [0.1, 0.15) is 0 Å². The smallest absolute Gasteiger partial charge is 0.00986 e. The lowest BCUT2D eigenvalue weighted by Crippen LogP contribution is -2.17. The average molecular weight is 218 g/mol. The molecule has 0 aromatic heterocycles. The van der Waals surface area contributed by atoms with Crippen LogP contribution in [0.5, 0.6) is 0 Å². The van der Waals surface area contributed by atoms with Crippen molar-refractivity contribution >= 4 is 0 Å². The van der Waals surface area contributed by atoms with Crippen LogP contribution in [0.2, 0.25) is 0 Å². The Bertz CT molecular complexity index is 270. The average Bonchev–Trinajstić information content (AvgIpc) is 2.34. The molecule has 1 atom stereocenters. The molecule has 1 aliphatic rings. The Labute approximate surface area is 101 Å². The third-order valence-corrected chi connectivity index (χ3v) is 3.57. The standard InChI is InChI=1S/C16H26/c1-4-7-10-15-11-9-13-16(6-3,14-15)12-8-5-2/h6,9,11,13H,3-5,7-8,10,12,14H2,1-2H3. The van der Waals surface area contributed by atoms with Crippen LogP contribution in [-0.4, -0.2) is 0 Å².